The minimum atomic E-state index is -0.164. The van der Waals surface area contributed by atoms with E-state index in [0.29, 0.717) is 0 Å². The molecule has 3 rings (SSSR count). The van der Waals surface area contributed by atoms with Gasteiger partial charge in [0.25, 0.3) is 0 Å². The van der Waals surface area contributed by atoms with Gasteiger partial charge >= 0.3 is 5.97 Å². The fraction of sp³-hybridized carbons (Fsp3) is 0.429. The molecule has 1 aromatic carbocycles. The molecule has 0 radical (unpaired) electrons. The molecule has 0 amide bonds. The first kappa shape index (κ1) is 12.4. The number of carbonyl (C=O) groups excluding carboxylic acids is 1. The molecule has 4 nitrogen and oxygen atoms in total. The Kier molecular flexibility index (Phi) is 3.38. The third-order valence-corrected chi connectivity index (χ3v) is 4.52. The molecule has 0 aliphatic carbocycles. The molecule has 5 heteroatoms. The first-order valence-corrected chi connectivity index (χ1v) is 7.27. The van der Waals surface area contributed by atoms with Crippen molar-refractivity contribution in [2.75, 3.05) is 18.6 Å². The van der Waals surface area contributed by atoms with Gasteiger partial charge in [-0.05, 0) is 42.9 Å². The number of fused-ring (bicyclic) bond motifs is 1. The number of nitrogens with zero attached hydrogens (tertiary/aromatic N) is 2. The Hall–Kier alpha value is -1.62. The molecule has 19 heavy (non-hydrogen) atoms. The highest BCUT2D eigenvalue weighted by Gasteiger charge is 2.31. The van der Waals surface area contributed by atoms with E-state index >= 15 is 0 Å². The van der Waals surface area contributed by atoms with Gasteiger partial charge in [-0.1, -0.05) is 12.1 Å². The van der Waals surface area contributed by atoms with Crippen molar-refractivity contribution in [1.29, 1.82) is 0 Å². The van der Waals surface area contributed by atoms with E-state index in [0.717, 1.165) is 41.7 Å². The minimum Gasteiger partial charge on any atom is -0.467 e. The van der Waals surface area contributed by atoms with Crippen molar-refractivity contribution in [3.8, 4) is 0 Å². The predicted octanol–water partition coefficient (Wildman–Crippen LogP) is 2.83. The number of methoxy groups -OCH3 is 1. The van der Waals surface area contributed by atoms with Crippen LogP contribution >= 0.6 is 11.5 Å². The van der Waals surface area contributed by atoms with Gasteiger partial charge in [-0.3, -0.25) is 0 Å². The lowest BCUT2D eigenvalue weighted by molar-refractivity contribution is -0.142. The predicted molar refractivity (Wildman–Crippen MR) is 76.6 cm³/mol. The van der Waals surface area contributed by atoms with E-state index in [1.165, 1.54) is 18.6 Å². The molecule has 2 heterocycles. The number of piperidine rings is 1. The SMILES string of the molecule is COC(=O)C1CCCCN1c1snc2ccccc12. The van der Waals surface area contributed by atoms with Gasteiger partial charge in [-0.15, -0.1) is 0 Å². The van der Waals surface area contributed by atoms with E-state index in [2.05, 4.69) is 15.3 Å². The average molecular weight is 276 g/mol. The summed E-state index contributed by atoms with van der Waals surface area (Å²) in [4.78, 5) is 14.1. The van der Waals surface area contributed by atoms with Crippen molar-refractivity contribution in [1.82, 2.24) is 4.37 Å². The minimum absolute atomic E-state index is 0.141. The normalized spacial score (nSPS) is 19.6. The molecule has 100 valence electrons. The lowest BCUT2D eigenvalue weighted by Crippen LogP contribution is -2.45. The maximum atomic E-state index is 11.9. The lowest BCUT2D eigenvalue weighted by atomic mass is 10.0. The molecular formula is C14H16N2O2S. The van der Waals surface area contributed by atoms with Crippen molar-refractivity contribution < 1.29 is 9.53 Å². The molecule has 0 spiro atoms. The van der Waals surface area contributed by atoms with E-state index in [4.69, 9.17) is 4.74 Å². The summed E-state index contributed by atoms with van der Waals surface area (Å²) in [5.41, 5.74) is 0.997. The Morgan fingerprint density at radius 3 is 3.11 bits per heavy atom. The van der Waals surface area contributed by atoms with Crippen molar-refractivity contribution in [3.05, 3.63) is 24.3 Å². The van der Waals surface area contributed by atoms with Crippen LogP contribution < -0.4 is 4.90 Å². The second-order valence-electron chi connectivity index (χ2n) is 4.73. The third-order valence-electron chi connectivity index (χ3n) is 3.60. The topological polar surface area (TPSA) is 42.4 Å². The molecule has 1 aliphatic heterocycles. The van der Waals surface area contributed by atoms with Gasteiger partial charge in [-0.25, -0.2) is 4.79 Å². The van der Waals surface area contributed by atoms with Crippen molar-refractivity contribution in [2.24, 2.45) is 0 Å². The summed E-state index contributed by atoms with van der Waals surface area (Å²) in [5, 5.41) is 2.22. The lowest BCUT2D eigenvalue weighted by Gasteiger charge is -2.34. The molecule has 1 aliphatic rings. The quantitative estimate of drug-likeness (QED) is 0.791. The van der Waals surface area contributed by atoms with Crippen LogP contribution in [0.4, 0.5) is 5.00 Å². The van der Waals surface area contributed by atoms with E-state index in [9.17, 15) is 4.79 Å². The monoisotopic (exact) mass is 276 g/mol. The Morgan fingerprint density at radius 2 is 2.26 bits per heavy atom. The van der Waals surface area contributed by atoms with Crippen molar-refractivity contribution >= 4 is 33.4 Å². The standard InChI is InChI=1S/C14H16N2O2S/c1-18-14(17)12-8-4-5-9-16(12)13-10-6-2-3-7-11(10)15-19-13/h2-3,6-7,12H,4-5,8-9H2,1H3. The molecule has 0 bridgehead atoms. The number of hydrogen-bond donors (Lipinski definition) is 0. The number of esters is 1. The summed E-state index contributed by atoms with van der Waals surface area (Å²) in [5.74, 6) is -0.141. The van der Waals surface area contributed by atoms with Gasteiger partial charge in [-0.2, -0.15) is 4.37 Å². The van der Waals surface area contributed by atoms with Gasteiger partial charge in [0.2, 0.25) is 0 Å². The molecule has 1 saturated heterocycles. The van der Waals surface area contributed by atoms with Crippen molar-refractivity contribution in [2.45, 2.75) is 25.3 Å². The van der Waals surface area contributed by atoms with Crippen LogP contribution in [0.3, 0.4) is 0 Å². The van der Waals surface area contributed by atoms with Crippen LogP contribution in [0.2, 0.25) is 0 Å². The second kappa shape index (κ2) is 5.17. The summed E-state index contributed by atoms with van der Waals surface area (Å²) >= 11 is 1.47. The maximum absolute atomic E-state index is 11.9. The highest BCUT2D eigenvalue weighted by atomic mass is 32.1. The average Bonchev–Trinajstić information content (AvgIpc) is 2.90. The van der Waals surface area contributed by atoms with Crippen LogP contribution in [0.15, 0.2) is 24.3 Å². The third kappa shape index (κ3) is 2.18. The highest BCUT2D eigenvalue weighted by Crippen LogP contribution is 2.35. The fourth-order valence-corrected chi connectivity index (χ4v) is 3.58. The van der Waals surface area contributed by atoms with Crippen LogP contribution in [0, 0.1) is 0 Å². The van der Waals surface area contributed by atoms with Crippen LogP contribution in [0.1, 0.15) is 19.3 Å². The maximum Gasteiger partial charge on any atom is 0.328 e. The van der Waals surface area contributed by atoms with Crippen LogP contribution in [-0.2, 0) is 9.53 Å². The smallest absolute Gasteiger partial charge is 0.328 e. The number of rotatable bonds is 2. The number of aromatic nitrogens is 1. The molecule has 2 aromatic rings. The zero-order chi connectivity index (χ0) is 13.2. The second-order valence-corrected chi connectivity index (χ2v) is 5.48. The number of carbonyl (C=O) groups is 1. The van der Waals surface area contributed by atoms with Gasteiger partial charge in [0, 0.05) is 11.9 Å². The first-order chi connectivity index (χ1) is 9.31. The molecule has 1 fully saturated rings. The van der Waals surface area contributed by atoms with Crippen LogP contribution in [-0.4, -0.2) is 30.0 Å². The van der Waals surface area contributed by atoms with E-state index in [1.807, 2.05) is 18.2 Å². The molecule has 1 aromatic heterocycles. The number of benzene rings is 1. The summed E-state index contributed by atoms with van der Waals surface area (Å²) in [7, 11) is 1.46. The van der Waals surface area contributed by atoms with Gasteiger partial charge in [0.05, 0.1) is 12.6 Å². The van der Waals surface area contributed by atoms with Gasteiger partial charge in [0.15, 0.2) is 0 Å². The van der Waals surface area contributed by atoms with Gasteiger partial charge in [0.1, 0.15) is 11.0 Å². The Bertz CT molecular complexity index is 596. The zero-order valence-electron chi connectivity index (χ0n) is 10.8. The summed E-state index contributed by atoms with van der Waals surface area (Å²) < 4.78 is 9.40. The summed E-state index contributed by atoms with van der Waals surface area (Å²) in [6.07, 6.45) is 3.05. The highest BCUT2D eigenvalue weighted by molar-refractivity contribution is 7.11. The largest absolute Gasteiger partial charge is 0.467 e. The van der Waals surface area contributed by atoms with E-state index < -0.39 is 0 Å². The van der Waals surface area contributed by atoms with Crippen LogP contribution in [0.25, 0.3) is 10.9 Å². The number of anilines is 1. The van der Waals surface area contributed by atoms with Gasteiger partial charge < -0.3 is 9.64 Å². The van der Waals surface area contributed by atoms with Crippen molar-refractivity contribution in [3.63, 3.8) is 0 Å². The Balaban J connectivity index is 2.00. The molecule has 0 N–H and O–H groups in total. The number of ether oxygens (including phenoxy) is 1. The van der Waals surface area contributed by atoms with E-state index in [-0.39, 0.29) is 12.0 Å². The fourth-order valence-electron chi connectivity index (χ4n) is 2.64. The molecular weight excluding hydrogens is 260 g/mol. The van der Waals surface area contributed by atoms with E-state index in [1.54, 1.807) is 0 Å². The Labute approximate surface area is 116 Å². The first-order valence-electron chi connectivity index (χ1n) is 6.50. The summed E-state index contributed by atoms with van der Waals surface area (Å²) in [6, 6.07) is 7.91. The summed E-state index contributed by atoms with van der Waals surface area (Å²) in [6.45, 7) is 0.895. The Morgan fingerprint density at radius 1 is 1.42 bits per heavy atom. The number of hydrogen-bond acceptors (Lipinski definition) is 5. The molecule has 0 saturated carbocycles. The zero-order valence-corrected chi connectivity index (χ0v) is 11.7. The van der Waals surface area contributed by atoms with Crippen LogP contribution in [0.5, 0.6) is 0 Å². The molecule has 1 atom stereocenters. The molecule has 1 unspecified atom stereocenters.